The van der Waals surface area contributed by atoms with Crippen molar-refractivity contribution in [3.05, 3.63) is 63.7 Å². The Labute approximate surface area is 220 Å². The molecule has 0 aliphatic carbocycles. The van der Waals surface area contributed by atoms with Crippen molar-refractivity contribution >= 4 is 41.0 Å². The van der Waals surface area contributed by atoms with Crippen molar-refractivity contribution in [1.29, 1.82) is 0 Å². The van der Waals surface area contributed by atoms with Crippen LogP contribution < -0.4 is 14.8 Å². The fourth-order valence-electron chi connectivity index (χ4n) is 3.97. The number of carbonyl (C=O) groups excluding carboxylic acids is 2. The van der Waals surface area contributed by atoms with Crippen LogP contribution in [0.1, 0.15) is 64.1 Å². The van der Waals surface area contributed by atoms with E-state index in [1.807, 2.05) is 26.8 Å². The zero-order valence-corrected chi connectivity index (χ0v) is 22.0. The number of allylic oxidation sites excluding steroid dienone is 2. The lowest BCUT2D eigenvalue weighted by molar-refractivity contribution is 0.0532. The van der Waals surface area contributed by atoms with Crippen molar-refractivity contribution in [2.24, 2.45) is 0 Å². The van der Waals surface area contributed by atoms with Crippen molar-refractivity contribution in [3.63, 3.8) is 0 Å². The zero-order valence-electron chi connectivity index (χ0n) is 21.1. The van der Waals surface area contributed by atoms with Gasteiger partial charge in [-0.05, 0) is 75.7 Å². The third-order valence-electron chi connectivity index (χ3n) is 5.88. The molecule has 1 aliphatic heterocycles. The van der Waals surface area contributed by atoms with E-state index < -0.39 is 18.0 Å². The number of esters is 1. The van der Waals surface area contributed by atoms with Gasteiger partial charge in [-0.15, -0.1) is 0 Å². The number of thiocarbonyl (C=S) groups is 1. The number of anilines is 1. The zero-order chi connectivity index (χ0) is 27.1. The molecule has 0 aromatic heterocycles. The van der Waals surface area contributed by atoms with E-state index in [9.17, 15) is 14.4 Å². The standard InChI is InChI=1S/C27H29NO8S/c1-5-34-21(37)13-7-15(2)6-12-19-23(33-4)16(3)20-14-35-26(31)22(20)24(19)36-27(32)28-18-10-8-17(9-11-18)25(29)30/h6,8-11H,5,7,12-14H2,1-4H3,(H,28,32)(H,29,30)/b15-6+. The van der Waals surface area contributed by atoms with Crippen LogP contribution in [0.25, 0.3) is 0 Å². The first kappa shape index (κ1) is 27.7. The van der Waals surface area contributed by atoms with Crippen LogP contribution in [0.5, 0.6) is 11.5 Å². The maximum absolute atomic E-state index is 12.8. The lowest BCUT2D eigenvalue weighted by atomic mass is 9.94. The molecule has 0 saturated carbocycles. The quantitative estimate of drug-likeness (QED) is 0.230. The van der Waals surface area contributed by atoms with E-state index in [4.69, 9.17) is 36.3 Å². The van der Waals surface area contributed by atoms with Gasteiger partial charge >= 0.3 is 18.0 Å². The van der Waals surface area contributed by atoms with Crippen molar-refractivity contribution in [2.75, 3.05) is 19.0 Å². The van der Waals surface area contributed by atoms with E-state index in [0.29, 0.717) is 53.5 Å². The van der Waals surface area contributed by atoms with Gasteiger partial charge in [-0.1, -0.05) is 11.6 Å². The minimum absolute atomic E-state index is 0.0506. The summed E-state index contributed by atoms with van der Waals surface area (Å²) in [6.45, 7) is 6.24. The summed E-state index contributed by atoms with van der Waals surface area (Å²) in [6.07, 6.45) is 2.74. The van der Waals surface area contributed by atoms with Crippen LogP contribution in [-0.4, -0.2) is 41.9 Å². The highest BCUT2D eigenvalue weighted by atomic mass is 32.1. The number of hydrogen-bond acceptors (Lipinski definition) is 8. The van der Waals surface area contributed by atoms with Crippen LogP contribution in [0.3, 0.4) is 0 Å². The van der Waals surface area contributed by atoms with Crippen molar-refractivity contribution < 1.29 is 38.4 Å². The largest absolute Gasteiger partial charge is 0.496 e. The topological polar surface area (TPSA) is 120 Å². The Morgan fingerprint density at radius 2 is 1.89 bits per heavy atom. The molecule has 196 valence electrons. The van der Waals surface area contributed by atoms with E-state index in [2.05, 4.69) is 5.32 Å². The number of hydrogen-bond donors (Lipinski definition) is 2. The molecule has 2 N–H and O–H groups in total. The van der Waals surface area contributed by atoms with E-state index >= 15 is 0 Å². The molecule has 0 atom stereocenters. The molecule has 2 aromatic carbocycles. The van der Waals surface area contributed by atoms with Gasteiger partial charge in [-0.2, -0.15) is 0 Å². The SMILES string of the molecule is CCOC(=S)CC/C(C)=C/Cc1c(OC)c(C)c2c(c1OC(=O)Nc1ccc(C(=O)O)cc1)C(=O)OC2. The maximum Gasteiger partial charge on any atom is 0.417 e. The van der Waals surface area contributed by atoms with Crippen molar-refractivity contribution in [3.8, 4) is 11.5 Å². The Hall–Kier alpha value is -3.92. The molecule has 0 spiro atoms. The second kappa shape index (κ2) is 12.4. The number of cyclic esters (lactones) is 1. The number of amides is 1. The number of carbonyl (C=O) groups is 3. The lowest BCUT2D eigenvalue weighted by Gasteiger charge is -2.19. The number of carboxylic acid groups (broad SMARTS) is 1. The monoisotopic (exact) mass is 527 g/mol. The molecular weight excluding hydrogens is 498 g/mol. The average Bonchev–Trinajstić information content (AvgIpc) is 3.25. The van der Waals surface area contributed by atoms with E-state index in [1.54, 1.807) is 0 Å². The number of methoxy groups -OCH3 is 1. The third kappa shape index (κ3) is 6.65. The predicted octanol–water partition coefficient (Wildman–Crippen LogP) is 5.62. The molecule has 0 bridgehead atoms. The van der Waals surface area contributed by atoms with Crippen LogP contribution in [0.15, 0.2) is 35.9 Å². The highest BCUT2D eigenvalue weighted by molar-refractivity contribution is 7.80. The average molecular weight is 528 g/mol. The molecule has 10 heteroatoms. The number of nitrogens with one attached hydrogen (secondary N) is 1. The summed E-state index contributed by atoms with van der Waals surface area (Å²) < 4.78 is 21.9. The number of ether oxygens (including phenoxy) is 4. The number of fused-ring (bicyclic) bond motifs is 1. The second-order valence-corrected chi connectivity index (χ2v) is 8.81. The molecule has 3 rings (SSSR count). The van der Waals surface area contributed by atoms with Gasteiger partial charge in [0.15, 0.2) is 10.8 Å². The highest BCUT2D eigenvalue weighted by Gasteiger charge is 2.34. The van der Waals surface area contributed by atoms with E-state index in [0.717, 1.165) is 11.1 Å². The summed E-state index contributed by atoms with van der Waals surface area (Å²) in [7, 11) is 1.51. The number of benzene rings is 2. The molecular formula is C27H29NO8S. The number of rotatable bonds is 10. The highest BCUT2D eigenvalue weighted by Crippen LogP contribution is 2.43. The van der Waals surface area contributed by atoms with Crippen LogP contribution in [0.4, 0.5) is 10.5 Å². The maximum atomic E-state index is 12.8. The minimum atomic E-state index is -1.08. The van der Waals surface area contributed by atoms with Crippen LogP contribution in [0, 0.1) is 6.92 Å². The third-order valence-corrected chi connectivity index (χ3v) is 6.20. The molecule has 1 aliphatic rings. The van der Waals surface area contributed by atoms with Crippen LogP contribution in [-0.2, 0) is 22.5 Å². The van der Waals surface area contributed by atoms with Crippen molar-refractivity contribution in [2.45, 2.75) is 46.6 Å². The first-order chi connectivity index (χ1) is 17.7. The molecule has 0 saturated heterocycles. The minimum Gasteiger partial charge on any atom is -0.496 e. The van der Waals surface area contributed by atoms with Crippen LogP contribution in [0.2, 0.25) is 0 Å². The molecule has 1 amide bonds. The van der Waals surface area contributed by atoms with Crippen molar-refractivity contribution in [1.82, 2.24) is 0 Å². The second-order valence-electron chi connectivity index (χ2n) is 8.35. The number of aromatic carboxylic acids is 1. The number of carboxylic acids is 1. The Bertz CT molecular complexity index is 1250. The normalized spacial score (nSPS) is 12.4. The molecule has 0 fully saturated rings. The van der Waals surface area contributed by atoms with E-state index in [1.165, 1.54) is 31.4 Å². The molecule has 0 unspecified atom stereocenters. The first-order valence-electron chi connectivity index (χ1n) is 11.7. The molecule has 2 aromatic rings. The smallest absolute Gasteiger partial charge is 0.417 e. The lowest BCUT2D eigenvalue weighted by Crippen LogP contribution is -2.20. The van der Waals surface area contributed by atoms with E-state index in [-0.39, 0.29) is 23.5 Å². The van der Waals surface area contributed by atoms with Gasteiger partial charge in [0, 0.05) is 23.2 Å². The molecule has 0 radical (unpaired) electrons. The summed E-state index contributed by atoms with van der Waals surface area (Å²) in [4.78, 5) is 36.5. The Kier molecular flexibility index (Phi) is 9.24. The summed E-state index contributed by atoms with van der Waals surface area (Å²) in [5.74, 6) is -1.10. The fraction of sp³-hybridized carbons (Fsp3) is 0.333. The Morgan fingerprint density at radius 1 is 1.19 bits per heavy atom. The summed E-state index contributed by atoms with van der Waals surface area (Å²) in [6, 6.07) is 5.61. The van der Waals surface area contributed by atoms with Crippen LogP contribution >= 0.6 is 12.2 Å². The summed E-state index contributed by atoms with van der Waals surface area (Å²) in [5, 5.41) is 12.2. The summed E-state index contributed by atoms with van der Waals surface area (Å²) >= 11 is 5.20. The Morgan fingerprint density at radius 3 is 2.51 bits per heavy atom. The summed E-state index contributed by atoms with van der Waals surface area (Å²) in [5.41, 5.74) is 3.50. The predicted molar refractivity (Wildman–Crippen MR) is 141 cm³/mol. The van der Waals surface area contributed by atoms with Gasteiger partial charge in [0.1, 0.15) is 17.9 Å². The molecule has 9 nitrogen and oxygen atoms in total. The van der Waals surface area contributed by atoms with Gasteiger partial charge in [-0.3, -0.25) is 5.32 Å². The van der Waals surface area contributed by atoms with Gasteiger partial charge in [0.05, 0.1) is 19.3 Å². The Balaban J connectivity index is 1.92. The first-order valence-corrected chi connectivity index (χ1v) is 12.1. The molecule has 1 heterocycles. The molecule has 37 heavy (non-hydrogen) atoms. The van der Waals surface area contributed by atoms with Gasteiger partial charge in [0.2, 0.25) is 0 Å². The fourth-order valence-corrected chi connectivity index (χ4v) is 4.19. The van der Waals surface area contributed by atoms with Gasteiger partial charge in [0.25, 0.3) is 0 Å². The van der Waals surface area contributed by atoms with Gasteiger partial charge in [-0.25, -0.2) is 14.4 Å². The van der Waals surface area contributed by atoms with Gasteiger partial charge < -0.3 is 24.1 Å².